The van der Waals surface area contributed by atoms with Crippen molar-refractivity contribution in [1.82, 2.24) is 4.57 Å². The van der Waals surface area contributed by atoms with Crippen LogP contribution in [-0.2, 0) is 16.9 Å². The molecule has 5 rings (SSSR count). The van der Waals surface area contributed by atoms with Crippen molar-refractivity contribution in [2.75, 3.05) is 11.4 Å². The van der Waals surface area contributed by atoms with Crippen LogP contribution in [0.4, 0.5) is 5.69 Å². The van der Waals surface area contributed by atoms with E-state index < -0.39 is 11.5 Å². The fourth-order valence-corrected chi connectivity index (χ4v) is 4.70. The second-order valence-corrected chi connectivity index (χ2v) is 8.39. The minimum absolute atomic E-state index is 0.296. The Morgan fingerprint density at radius 2 is 1.62 bits per heavy atom. The van der Waals surface area contributed by atoms with E-state index >= 15 is 0 Å². The van der Waals surface area contributed by atoms with Gasteiger partial charge < -0.3 is 14.6 Å². The second-order valence-electron chi connectivity index (χ2n) is 7.98. The van der Waals surface area contributed by atoms with Crippen molar-refractivity contribution >= 4 is 39.9 Å². The number of hydrogen-bond donors (Lipinski definition) is 1. The molecule has 0 radical (unpaired) electrons. The Balaban J connectivity index is 1.44. The minimum Gasteiger partial charge on any atom is -0.375 e. The Kier molecular flexibility index (Phi) is 5.08. The highest BCUT2D eigenvalue weighted by atomic mass is 35.5. The first-order valence-electron chi connectivity index (χ1n) is 10.4. The van der Waals surface area contributed by atoms with Gasteiger partial charge in [0, 0.05) is 35.9 Å². The number of nitrogens with zero attached hydrogens (tertiary/aromatic N) is 2. The molecular weight excluding hydrogens is 424 g/mol. The van der Waals surface area contributed by atoms with Gasteiger partial charge in [-0.15, -0.1) is 0 Å². The van der Waals surface area contributed by atoms with Gasteiger partial charge in [0.05, 0.1) is 17.1 Å². The molecule has 1 aromatic heterocycles. The van der Waals surface area contributed by atoms with Crippen molar-refractivity contribution in [2.45, 2.75) is 18.6 Å². The number of carbonyl (C=O) groups excluding carboxylic acids is 2. The molecule has 6 heteroatoms. The van der Waals surface area contributed by atoms with Gasteiger partial charge >= 0.3 is 0 Å². The van der Waals surface area contributed by atoms with Gasteiger partial charge in [0.15, 0.2) is 11.4 Å². The third-order valence-electron chi connectivity index (χ3n) is 6.07. The zero-order valence-corrected chi connectivity index (χ0v) is 18.0. The van der Waals surface area contributed by atoms with Crippen molar-refractivity contribution in [3.63, 3.8) is 0 Å². The number of halogens is 1. The number of hydrogen-bond acceptors (Lipinski definition) is 3. The van der Waals surface area contributed by atoms with Crippen LogP contribution in [0.3, 0.4) is 0 Å². The van der Waals surface area contributed by atoms with E-state index in [0.29, 0.717) is 34.9 Å². The molecule has 3 aromatic carbocycles. The quantitative estimate of drug-likeness (QED) is 0.434. The summed E-state index contributed by atoms with van der Waals surface area (Å²) in [5.41, 5.74) is 0.527. The van der Waals surface area contributed by atoms with Gasteiger partial charge in [-0.1, -0.05) is 60.1 Å². The Hall–Kier alpha value is -3.41. The van der Waals surface area contributed by atoms with Gasteiger partial charge in [0.2, 0.25) is 0 Å². The highest BCUT2D eigenvalue weighted by Gasteiger charge is 2.50. The van der Waals surface area contributed by atoms with E-state index in [0.717, 1.165) is 10.9 Å². The standard InChI is InChI=1S/C26H21ClN2O3/c27-21-10-4-2-8-19(21)24(30)17-26(32)20-9-3-6-12-23(20)29(25(26)31)16-15-28-14-13-18-7-1-5-11-22(18)28/h1-14,32H,15-17H2/t26-/m1/s1. The number of Topliss-reactive ketones (excluding diaryl/α,β-unsaturated/α-hetero) is 1. The SMILES string of the molecule is O=C(C[C@]1(O)C(=O)N(CCn2ccc3ccccc32)c2ccccc21)c1ccccc1Cl. The number of benzene rings is 3. The molecule has 0 saturated carbocycles. The third-order valence-corrected chi connectivity index (χ3v) is 6.40. The summed E-state index contributed by atoms with van der Waals surface area (Å²) in [5.74, 6) is -0.866. The van der Waals surface area contributed by atoms with Crippen LogP contribution in [-0.4, -0.2) is 27.9 Å². The summed E-state index contributed by atoms with van der Waals surface area (Å²) < 4.78 is 2.08. The molecule has 2 heterocycles. The number of amides is 1. The number of rotatable bonds is 6. The molecule has 5 nitrogen and oxygen atoms in total. The predicted molar refractivity (Wildman–Crippen MR) is 125 cm³/mol. The molecule has 32 heavy (non-hydrogen) atoms. The average molecular weight is 445 g/mol. The first kappa shape index (κ1) is 20.5. The molecule has 4 aromatic rings. The maximum Gasteiger partial charge on any atom is 0.264 e. The van der Waals surface area contributed by atoms with Crippen LogP contribution in [0, 0.1) is 0 Å². The van der Waals surface area contributed by atoms with Gasteiger partial charge in [0.1, 0.15) is 0 Å². The number of carbonyl (C=O) groups is 2. The predicted octanol–water partition coefficient (Wildman–Crippen LogP) is 4.80. The fraction of sp³-hybridized carbons (Fsp3) is 0.154. The van der Waals surface area contributed by atoms with E-state index in [1.165, 1.54) is 0 Å². The normalized spacial score (nSPS) is 17.7. The summed E-state index contributed by atoms with van der Waals surface area (Å²) in [6.45, 7) is 0.930. The lowest BCUT2D eigenvalue weighted by molar-refractivity contribution is -0.135. The van der Waals surface area contributed by atoms with E-state index in [4.69, 9.17) is 11.6 Å². The van der Waals surface area contributed by atoms with Crippen LogP contribution in [0.15, 0.2) is 85.1 Å². The molecule has 0 saturated heterocycles. The van der Waals surface area contributed by atoms with E-state index in [-0.39, 0.29) is 12.2 Å². The van der Waals surface area contributed by atoms with Crippen LogP contribution < -0.4 is 4.90 Å². The van der Waals surface area contributed by atoms with Gasteiger partial charge in [-0.25, -0.2) is 0 Å². The van der Waals surface area contributed by atoms with Crippen molar-refractivity contribution in [1.29, 1.82) is 0 Å². The Morgan fingerprint density at radius 1 is 0.906 bits per heavy atom. The summed E-state index contributed by atoms with van der Waals surface area (Å²) in [4.78, 5) is 28.0. The average Bonchev–Trinajstić information content (AvgIpc) is 3.30. The number of aromatic nitrogens is 1. The van der Waals surface area contributed by atoms with E-state index in [9.17, 15) is 14.7 Å². The van der Waals surface area contributed by atoms with E-state index in [1.54, 1.807) is 47.4 Å². The van der Waals surface area contributed by atoms with Gasteiger partial charge in [-0.05, 0) is 35.7 Å². The first-order chi connectivity index (χ1) is 15.5. The maximum atomic E-state index is 13.4. The van der Waals surface area contributed by atoms with Crippen LogP contribution in [0.5, 0.6) is 0 Å². The Labute approximate surface area is 190 Å². The summed E-state index contributed by atoms with van der Waals surface area (Å²) in [6.07, 6.45) is 1.62. The molecule has 0 spiro atoms. The van der Waals surface area contributed by atoms with Crippen LogP contribution in [0.1, 0.15) is 22.3 Å². The molecule has 0 bridgehead atoms. The number of aliphatic hydroxyl groups is 1. The van der Waals surface area contributed by atoms with Crippen LogP contribution in [0.2, 0.25) is 5.02 Å². The minimum atomic E-state index is -1.92. The number of para-hydroxylation sites is 2. The Morgan fingerprint density at radius 3 is 2.47 bits per heavy atom. The third kappa shape index (κ3) is 3.30. The van der Waals surface area contributed by atoms with Gasteiger partial charge in [0.25, 0.3) is 5.91 Å². The number of ketones is 1. The molecule has 1 aliphatic rings. The first-order valence-corrected chi connectivity index (χ1v) is 10.8. The molecule has 1 amide bonds. The summed E-state index contributed by atoms with van der Waals surface area (Å²) >= 11 is 6.17. The molecule has 1 aliphatic heterocycles. The monoisotopic (exact) mass is 444 g/mol. The smallest absolute Gasteiger partial charge is 0.264 e. The summed E-state index contributed by atoms with van der Waals surface area (Å²) in [5, 5.41) is 12.9. The Bertz CT molecular complexity index is 1350. The molecular formula is C26H21ClN2O3. The largest absolute Gasteiger partial charge is 0.375 e. The van der Waals surface area contributed by atoms with Gasteiger partial charge in [-0.3, -0.25) is 9.59 Å². The molecule has 160 valence electrons. The van der Waals surface area contributed by atoms with Crippen molar-refractivity contribution in [3.8, 4) is 0 Å². The summed E-state index contributed by atoms with van der Waals surface area (Å²) in [6, 6.07) is 23.9. The number of fused-ring (bicyclic) bond motifs is 2. The number of anilines is 1. The fourth-order valence-electron chi connectivity index (χ4n) is 4.46. The zero-order chi connectivity index (χ0) is 22.3. The van der Waals surface area contributed by atoms with E-state index in [1.807, 2.05) is 42.6 Å². The maximum absolute atomic E-state index is 13.4. The summed E-state index contributed by atoms with van der Waals surface area (Å²) in [7, 11) is 0. The van der Waals surface area contributed by atoms with Gasteiger partial charge in [-0.2, -0.15) is 0 Å². The highest BCUT2D eigenvalue weighted by molar-refractivity contribution is 6.34. The zero-order valence-electron chi connectivity index (χ0n) is 17.2. The molecule has 0 fully saturated rings. The topological polar surface area (TPSA) is 62.5 Å². The van der Waals surface area contributed by atoms with Crippen LogP contribution >= 0.6 is 11.6 Å². The van der Waals surface area contributed by atoms with Crippen molar-refractivity contribution in [2.24, 2.45) is 0 Å². The second kappa shape index (κ2) is 7.93. The van der Waals surface area contributed by atoms with Crippen molar-refractivity contribution in [3.05, 3.63) is 101 Å². The lowest BCUT2D eigenvalue weighted by Gasteiger charge is -2.23. The molecule has 1 atom stereocenters. The molecule has 1 N–H and O–H groups in total. The van der Waals surface area contributed by atoms with E-state index in [2.05, 4.69) is 4.57 Å². The van der Waals surface area contributed by atoms with Crippen molar-refractivity contribution < 1.29 is 14.7 Å². The molecule has 0 unspecified atom stereocenters. The lowest BCUT2D eigenvalue weighted by Crippen LogP contribution is -2.42. The highest BCUT2D eigenvalue weighted by Crippen LogP contribution is 2.43. The molecule has 0 aliphatic carbocycles. The van der Waals surface area contributed by atoms with Crippen LogP contribution in [0.25, 0.3) is 10.9 Å². The lowest BCUT2D eigenvalue weighted by atomic mass is 9.88.